The van der Waals surface area contributed by atoms with Gasteiger partial charge in [0, 0.05) is 0 Å². The van der Waals surface area contributed by atoms with E-state index in [4.69, 9.17) is 10.2 Å². The summed E-state index contributed by atoms with van der Waals surface area (Å²) in [7, 11) is 0. The molecule has 0 saturated heterocycles. The maximum absolute atomic E-state index is 10.1. The lowest BCUT2D eigenvalue weighted by Crippen LogP contribution is -2.33. The number of carboxylic acid groups (broad SMARTS) is 2. The van der Waals surface area contributed by atoms with E-state index in [1.54, 1.807) is 0 Å². The molecule has 0 aromatic carbocycles. The van der Waals surface area contributed by atoms with Crippen molar-refractivity contribution in [3.63, 3.8) is 0 Å². The number of hydrogen-bond donors (Lipinski definition) is 2. The summed E-state index contributed by atoms with van der Waals surface area (Å²) in [5.41, 5.74) is 0. The predicted molar refractivity (Wildman–Crippen MR) is 46.0 cm³/mol. The van der Waals surface area contributed by atoms with Gasteiger partial charge in [-0.1, -0.05) is 0 Å². The van der Waals surface area contributed by atoms with Gasteiger partial charge in [-0.3, -0.25) is 0 Å². The molecule has 0 atom stereocenters. The van der Waals surface area contributed by atoms with Crippen LogP contribution in [0.2, 0.25) is 0 Å². The van der Waals surface area contributed by atoms with E-state index in [0.717, 1.165) is 0 Å². The van der Waals surface area contributed by atoms with Crippen molar-refractivity contribution >= 4 is 57.1 Å². The summed E-state index contributed by atoms with van der Waals surface area (Å²) in [6, 6.07) is 0. The maximum Gasteiger partial charge on any atom is 0.341 e. The fraction of sp³-hybridized carbons (Fsp3) is 0.333. The molecule has 9 heavy (non-hydrogen) atoms. The summed E-state index contributed by atoms with van der Waals surface area (Å²) in [5, 5.41) is 16.4. The third kappa shape index (κ3) is 2.24. The highest BCUT2D eigenvalue weighted by Gasteiger charge is 2.40. The Labute approximate surface area is 77.9 Å². The van der Waals surface area contributed by atoms with Crippen LogP contribution in [-0.4, -0.2) is 23.6 Å². The first-order valence-electron chi connectivity index (χ1n) is 1.73. The highest BCUT2D eigenvalue weighted by atomic mass is 127. The van der Waals surface area contributed by atoms with Gasteiger partial charge in [-0.15, -0.1) is 0 Å². The monoisotopic (exact) mass is 356 g/mol. The Morgan fingerprint density at radius 2 is 1.33 bits per heavy atom. The van der Waals surface area contributed by atoms with Crippen LogP contribution in [0, 0.1) is 0 Å². The highest BCUT2D eigenvalue weighted by Crippen LogP contribution is 2.27. The number of rotatable bonds is 2. The second-order valence-electron chi connectivity index (χ2n) is 1.18. The van der Waals surface area contributed by atoms with Gasteiger partial charge in [0.1, 0.15) is 0 Å². The Kier molecular flexibility index (Phi) is 3.12. The van der Waals surface area contributed by atoms with Gasteiger partial charge >= 0.3 is 11.9 Å². The van der Waals surface area contributed by atoms with Gasteiger partial charge in [0.25, 0.3) is 1.43 Å². The average Bonchev–Trinajstić information content (AvgIpc) is 1.65. The molecule has 0 amide bonds. The lowest BCUT2D eigenvalue weighted by Gasteiger charge is -2.06. The van der Waals surface area contributed by atoms with Crippen molar-refractivity contribution in [3.8, 4) is 0 Å². The van der Waals surface area contributed by atoms with Crippen molar-refractivity contribution in [1.29, 1.82) is 0 Å². The van der Waals surface area contributed by atoms with Crippen LogP contribution in [-0.2, 0) is 9.59 Å². The van der Waals surface area contributed by atoms with Gasteiger partial charge in [-0.05, 0) is 45.2 Å². The minimum absolute atomic E-state index is 1.34. The van der Waals surface area contributed by atoms with Crippen molar-refractivity contribution < 1.29 is 19.8 Å². The highest BCUT2D eigenvalue weighted by molar-refractivity contribution is 14.2. The fourth-order valence-electron chi connectivity index (χ4n) is 0.0915. The molecule has 6 heteroatoms. The van der Waals surface area contributed by atoms with E-state index in [1.165, 1.54) is 45.2 Å². The third-order valence-corrected chi connectivity index (χ3v) is 2.38. The maximum atomic E-state index is 10.1. The standard InChI is InChI=1S/C3H2I2O4/c4-3(5,1(6)7)2(8)9/h(H,6,7)(H,8,9). The summed E-state index contributed by atoms with van der Waals surface area (Å²) in [6.07, 6.45) is 0. The summed E-state index contributed by atoms with van der Waals surface area (Å²) in [5.74, 6) is -2.70. The van der Waals surface area contributed by atoms with Gasteiger partial charge in [0.2, 0.25) is 0 Å². The fourth-order valence-corrected chi connectivity index (χ4v) is 0.0915. The van der Waals surface area contributed by atoms with Crippen molar-refractivity contribution in [3.05, 3.63) is 0 Å². The van der Waals surface area contributed by atoms with Crippen LogP contribution < -0.4 is 0 Å². The number of alkyl halides is 2. The summed E-state index contributed by atoms with van der Waals surface area (Å²) >= 11 is 2.69. The Bertz CT molecular complexity index is 136. The van der Waals surface area contributed by atoms with E-state index >= 15 is 0 Å². The number of carbonyl (C=O) groups is 2. The Hall–Kier alpha value is 0.400. The molecule has 0 unspecified atom stereocenters. The van der Waals surface area contributed by atoms with E-state index < -0.39 is 13.4 Å². The number of hydrogen-bond acceptors (Lipinski definition) is 2. The molecule has 0 aliphatic rings. The van der Waals surface area contributed by atoms with Crippen LogP contribution in [0.4, 0.5) is 0 Å². The third-order valence-electron chi connectivity index (χ3n) is 0.537. The van der Waals surface area contributed by atoms with Crippen molar-refractivity contribution in [2.24, 2.45) is 0 Å². The van der Waals surface area contributed by atoms with Crippen LogP contribution in [0.25, 0.3) is 0 Å². The van der Waals surface area contributed by atoms with Gasteiger partial charge < -0.3 is 10.2 Å². The zero-order valence-corrected chi connectivity index (χ0v) is 8.28. The number of carboxylic acids is 2. The summed E-state index contributed by atoms with van der Waals surface area (Å²) in [6.45, 7) is 0. The van der Waals surface area contributed by atoms with E-state index in [9.17, 15) is 9.59 Å². The van der Waals surface area contributed by atoms with Crippen LogP contribution in [0.3, 0.4) is 0 Å². The van der Waals surface area contributed by atoms with Crippen molar-refractivity contribution in [2.75, 3.05) is 0 Å². The molecule has 52 valence electrons. The Morgan fingerprint density at radius 3 is 1.33 bits per heavy atom. The molecule has 0 heterocycles. The molecule has 0 bridgehead atoms. The molecule has 0 rings (SSSR count). The van der Waals surface area contributed by atoms with Crippen LogP contribution in [0.15, 0.2) is 0 Å². The van der Waals surface area contributed by atoms with Crippen molar-refractivity contribution in [1.82, 2.24) is 0 Å². The number of aliphatic carboxylic acids is 2. The first-order valence-corrected chi connectivity index (χ1v) is 3.89. The van der Waals surface area contributed by atoms with Crippen LogP contribution in [0.5, 0.6) is 0 Å². The molecule has 0 spiro atoms. The molecule has 2 N–H and O–H groups in total. The van der Waals surface area contributed by atoms with Crippen LogP contribution >= 0.6 is 45.2 Å². The van der Waals surface area contributed by atoms with Gasteiger partial charge in [0.05, 0.1) is 0 Å². The minimum atomic E-state index is -1.73. The Morgan fingerprint density at radius 1 is 1.11 bits per heavy atom. The second-order valence-corrected chi connectivity index (χ2v) is 6.49. The predicted octanol–water partition coefficient (Wildman–Crippen LogP) is 0.722. The summed E-state index contributed by atoms with van der Waals surface area (Å²) < 4.78 is -1.73. The smallest absolute Gasteiger partial charge is 0.341 e. The first kappa shape index (κ1) is 9.40. The van der Waals surface area contributed by atoms with Gasteiger partial charge in [-0.25, -0.2) is 9.59 Å². The van der Waals surface area contributed by atoms with Gasteiger partial charge in [0.15, 0.2) is 0 Å². The molecule has 0 aromatic rings. The van der Waals surface area contributed by atoms with Crippen LogP contribution in [0.1, 0.15) is 0 Å². The van der Waals surface area contributed by atoms with Gasteiger partial charge in [-0.2, -0.15) is 0 Å². The van der Waals surface area contributed by atoms with E-state index in [2.05, 4.69) is 0 Å². The lowest BCUT2D eigenvalue weighted by molar-refractivity contribution is -0.146. The zero-order chi connectivity index (χ0) is 7.65. The van der Waals surface area contributed by atoms with E-state index in [1.807, 2.05) is 0 Å². The molecule has 0 radical (unpaired) electrons. The topological polar surface area (TPSA) is 74.6 Å². The molecule has 0 aliphatic carbocycles. The minimum Gasteiger partial charge on any atom is -0.479 e. The molecule has 0 fully saturated rings. The molecular weight excluding hydrogens is 354 g/mol. The second kappa shape index (κ2) is 2.99. The van der Waals surface area contributed by atoms with E-state index in [-0.39, 0.29) is 0 Å². The SMILES string of the molecule is O=C(O)C(I)(I)C(=O)O. The molecule has 4 nitrogen and oxygen atoms in total. The average molecular weight is 356 g/mol. The zero-order valence-electron chi connectivity index (χ0n) is 3.97. The molecule has 0 saturated carbocycles. The summed E-state index contributed by atoms with van der Waals surface area (Å²) in [4.78, 5) is 20.1. The van der Waals surface area contributed by atoms with Crippen molar-refractivity contribution in [2.45, 2.75) is 1.43 Å². The first-order chi connectivity index (χ1) is 3.89. The Balaban J connectivity index is 4.38. The normalized spacial score (nSPS) is 10.9. The molecule has 0 aromatic heterocycles. The molecular formula is C3H2I2O4. The lowest BCUT2D eigenvalue weighted by atomic mass is 10.4. The van der Waals surface area contributed by atoms with E-state index in [0.29, 0.717) is 0 Å². The molecule has 0 aliphatic heterocycles. The number of halogens is 2. The largest absolute Gasteiger partial charge is 0.479 e. The quantitative estimate of drug-likeness (QED) is 0.435.